The molecule has 0 saturated heterocycles. The molecule has 0 radical (unpaired) electrons. The molecular weight excluding hydrogens is 208 g/mol. The summed E-state index contributed by atoms with van der Waals surface area (Å²) in [5.41, 5.74) is 2.77. The average Bonchev–Trinajstić information content (AvgIpc) is 2.38. The summed E-state index contributed by atoms with van der Waals surface area (Å²) in [5.74, 6) is 0. The van der Waals surface area contributed by atoms with Gasteiger partial charge in [0.15, 0.2) is 0 Å². The standard InChI is InChI=1S/C16H24O/c1-14-9-11-15(12-10-14)6-5-13-17-16-7-3-2-4-8-16/h9-12,16H,2-8,13H2,1H3. The lowest BCUT2D eigenvalue weighted by molar-refractivity contribution is 0.0273. The second-order valence-corrected chi connectivity index (χ2v) is 5.22. The van der Waals surface area contributed by atoms with Crippen molar-refractivity contribution in [3.63, 3.8) is 0 Å². The summed E-state index contributed by atoms with van der Waals surface area (Å²) >= 11 is 0. The first-order valence-corrected chi connectivity index (χ1v) is 7.02. The molecule has 1 saturated carbocycles. The van der Waals surface area contributed by atoms with E-state index in [4.69, 9.17) is 4.74 Å². The van der Waals surface area contributed by atoms with Crippen LogP contribution in [0.15, 0.2) is 24.3 Å². The SMILES string of the molecule is Cc1ccc(CCCOC2CCCCC2)cc1. The Hall–Kier alpha value is -0.820. The number of aryl methyl sites for hydroxylation is 2. The van der Waals surface area contributed by atoms with Gasteiger partial charge >= 0.3 is 0 Å². The summed E-state index contributed by atoms with van der Waals surface area (Å²) in [6, 6.07) is 8.85. The third-order valence-corrected chi connectivity index (χ3v) is 3.64. The van der Waals surface area contributed by atoms with Gasteiger partial charge in [0.1, 0.15) is 0 Å². The molecule has 1 aromatic rings. The summed E-state index contributed by atoms with van der Waals surface area (Å²) in [6.45, 7) is 3.06. The van der Waals surface area contributed by atoms with Crippen LogP contribution >= 0.6 is 0 Å². The zero-order chi connectivity index (χ0) is 11.9. The molecular formula is C16H24O. The van der Waals surface area contributed by atoms with E-state index in [1.807, 2.05) is 0 Å². The van der Waals surface area contributed by atoms with Crippen molar-refractivity contribution in [1.29, 1.82) is 0 Å². The van der Waals surface area contributed by atoms with Gasteiger partial charge in [-0.1, -0.05) is 49.1 Å². The number of hydrogen-bond acceptors (Lipinski definition) is 1. The minimum Gasteiger partial charge on any atom is -0.378 e. The molecule has 1 heteroatoms. The predicted molar refractivity (Wildman–Crippen MR) is 72.3 cm³/mol. The quantitative estimate of drug-likeness (QED) is 0.689. The molecule has 0 heterocycles. The average molecular weight is 232 g/mol. The molecule has 1 nitrogen and oxygen atoms in total. The van der Waals surface area contributed by atoms with Gasteiger partial charge in [-0.05, 0) is 38.2 Å². The lowest BCUT2D eigenvalue weighted by Gasteiger charge is -2.21. The van der Waals surface area contributed by atoms with E-state index in [9.17, 15) is 0 Å². The Labute approximate surface area is 105 Å². The van der Waals surface area contributed by atoms with Gasteiger partial charge in [-0.3, -0.25) is 0 Å². The Morgan fingerprint density at radius 2 is 1.76 bits per heavy atom. The van der Waals surface area contributed by atoms with Crippen LogP contribution in [0.3, 0.4) is 0 Å². The fourth-order valence-corrected chi connectivity index (χ4v) is 2.51. The van der Waals surface area contributed by atoms with Gasteiger partial charge in [-0.15, -0.1) is 0 Å². The molecule has 1 aliphatic carbocycles. The van der Waals surface area contributed by atoms with Gasteiger partial charge in [0, 0.05) is 6.61 Å². The van der Waals surface area contributed by atoms with Crippen molar-refractivity contribution in [2.45, 2.75) is 58.0 Å². The fourth-order valence-electron chi connectivity index (χ4n) is 2.51. The van der Waals surface area contributed by atoms with Crippen LogP contribution in [0, 0.1) is 6.92 Å². The number of benzene rings is 1. The Morgan fingerprint density at radius 1 is 1.06 bits per heavy atom. The Balaban J connectivity index is 1.60. The lowest BCUT2D eigenvalue weighted by atomic mass is 9.98. The Bertz CT molecular complexity index is 309. The molecule has 1 aliphatic rings. The van der Waals surface area contributed by atoms with E-state index in [1.54, 1.807) is 0 Å². The summed E-state index contributed by atoms with van der Waals surface area (Å²) < 4.78 is 5.93. The molecule has 0 N–H and O–H groups in total. The largest absolute Gasteiger partial charge is 0.378 e. The molecule has 0 aliphatic heterocycles. The molecule has 2 rings (SSSR count). The van der Waals surface area contributed by atoms with Crippen LogP contribution in [-0.4, -0.2) is 12.7 Å². The van der Waals surface area contributed by atoms with E-state index >= 15 is 0 Å². The summed E-state index contributed by atoms with van der Waals surface area (Å²) in [4.78, 5) is 0. The highest BCUT2D eigenvalue weighted by molar-refractivity contribution is 5.21. The molecule has 0 aromatic heterocycles. The van der Waals surface area contributed by atoms with Crippen molar-refractivity contribution < 1.29 is 4.74 Å². The minimum absolute atomic E-state index is 0.557. The zero-order valence-corrected chi connectivity index (χ0v) is 11.0. The van der Waals surface area contributed by atoms with Gasteiger partial charge in [0.05, 0.1) is 6.10 Å². The first-order valence-electron chi connectivity index (χ1n) is 7.02. The second-order valence-electron chi connectivity index (χ2n) is 5.22. The van der Waals surface area contributed by atoms with E-state index in [2.05, 4.69) is 31.2 Å². The first kappa shape index (κ1) is 12.6. The van der Waals surface area contributed by atoms with E-state index < -0.39 is 0 Å². The van der Waals surface area contributed by atoms with E-state index in [1.165, 1.54) is 43.2 Å². The monoisotopic (exact) mass is 232 g/mol. The van der Waals surface area contributed by atoms with Gasteiger partial charge in [-0.25, -0.2) is 0 Å². The van der Waals surface area contributed by atoms with Crippen LogP contribution < -0.4 is 0 Å². The lowest BCUT2D eigenvalue weighted by Crippen LogP contribution is -2.17. The maximum Gasteiger partial charge on any atom is 0.0575 e. The molecule has 1 fully saturated rings. The molecule has 0 spiro atoms. The molecule has 0 unspecified atom stereocenters. The van der Waals surface area contributed by atoms with Crippen molar-refractivity contribution in [3.8, 4) is 0 Å². The number of ether oxygens (including phenoxy) is 1. The topological polar surface area (TPSA) is 9.23 Å². The molecule has 0 bridgehead atoms. The number of rotatable bonds is 5. The molecule has 0 amide bonds. The highest BCUT2D eigenvalue weighted by Crippen LogP contribution is 2.20. The second kappa shape index (κ2) is 6.80. The first-order chi connectivity index (χ1) is 8.34. The predicted octanol–water partition coefficient (Wildman–Crippen LogP) is 4.28. The minimum atomic E-state index is 0.557. The summed E-state index contributed by atoms with van der Waals surface area (Å²) in [7, 11) is 0. The summed E-state index contributed by atoms with van der Waals surface area (Å²) in [6.07, 6.45) is 9.55. The molecule has 17 heavy (non-hydrogen) atoms. The van der Waals surface area contributed by atoms with Crippen LogP contribution in [0.4, 0.5) is 0 Å². The van der Waals surface area contributed by atoms with Crippen LogP contribution in [0.25, 0.3) is 0 Å². The highest BCUT2D eigenvalue weighted by atomic mass is 16.5. The third kappa shape index (κ3) is 4.51. The van der Waals surface area contributed by atoms with Crippen LogP contribution in [0.1, 0.15) is 49.7 Å². The van der Waals surface area contributed by atoms with Gasteiger partial charge < -0.3 is 4.74 Å². The maximum absolute atomic E-state index is 5.93. The highest BCUT2D eigenvalue weighted by Gasteiger charge is 2.12. The smallest absolute Gasteiger partial charge is 0.0575 e. The fraction of sp³-hybridized carbons (Fsp3) is 0.625. The van der Waals surface area contributed by atoms with Crippen molar-refractivity contribution >= 4 is 0 Å². The van der Waals surface area contributed by atoms with E-state index in [-0.39, 0.29) is 0 Å². The van der Waals surface area contributed by atoms with Crippen molar-refractivity contribution in [1.82, 2.24) is 0 Å². The van der Waals surface area contributed by atoms with Gasteiger partial charge in [-0.2, -0.15) is 0 Å². The number of hydrogen-bond donors (Lipinski definition) is 0. The maximum atomic E-state index is 5.93. The molecule has 94 valence electrons. The van der Waals surface area contributed by atoms with Gasteiger partial charge in [0.25, 0.3) is 0 Å². The van der Waals surface area contributed by atoms with Crippen LogP contribution in [0.2, 0.25) is 0 Å². The molecule has 0 atom stereocenters. The normalized spacial score (nSPS) is 17.2. The Kier molecular flexibility index (Phi) is 5.06. The Morgan fingerprint density at radius 3 is 2.47 bits per heavy atom. The van der Waals surface area contributed by atoms with Gasteiger partial charge in [0.2, 0.25) is 0 Å². The van der Waals surface area contributed by atoms with Crippen molar-refractivity contribution in [3.05, 3.63) is 35.4 Å². The van der Waals surface area contributed by atoms with Crippen molar-refractivity contribution in [2.75, 3.05) is 6.61 Å². The van der Waals surface area contributed by atoms with Crippen LogP contribution in [-0.2, 0) is 11.2 Å². The van der Waals surface area contributed by atoms with E-state index in [0.29, 0.717) is 6.10 Å². The third-order valence-electron chi connectivity index (χ3n) is 3.64. The van der Waals surface area contributed by atoms with Crippen molar-refractivity contribution in [2.24, 2.45) is 0 Å². The zero-order valence-electron chi connectivity index (χ0n) is 11.0. The molecule has 1 aromatic carbocycles. The van der Waals surface area contributed by atoms with Crippen LogP contribution in [0.5, 0.6) is 0 Å². The summed E-state index contributed by atoms with van der Waals surface area (Å²) in [5, 5.41) is 0. The van der Waals surface area contributed by atoms with E-state index in [0.717, 1.165) is 19.4 Å².